The lowest BCUT2D eigenvalue weighted by Crippen LogP contribution is -2.42. The average Bonchev–Trinajstić information content (AvgIpc) is 3.27. The number of fused-ring (bicyclic) bond motifs is 1. The largest absolute Gasteiger partial charge is 0.493 e. The SMILES string of the molecule is CC(C)(C)S(=O)(=O)NC(=O)c1ccccc1-c1ccc2c(c1)OC[C@H](Cc1cscn1)[C@H]2O. The molecule has 0 bridgehead atoms. The van der Waals surface area contributed by atoms with E-state index >= 15 is 0 Å². The fraction of sp³-hybridized carbons (Fsp3) is 0.333. The number of ether oxygens (including phenoxy) is 1. The maximum atomic E-state index is 12.9. The molecule has 7 nitrogen and oxygen atoms in total. The maximum absolute atomic E-state index is 12.9. The van der Waals surface area contributed by atoms with Crippen LogP contribution in [0.15, 0.2) is 53.4 Å². The fourth-order valence-electron chi connectivity index (χ4n) is 3.65. The summed E-state index contributed by atoms with van der Waals surface area (Å²) in [6.07, 6.45) is -0.0723. The number of aliphatic hydroxyl groups is 1. The minimum Gasteiger partial charge on any atom is -0.493 e. The summed E-state index contributed by atoms with van der Waals surface area (Å²) < 4.78 is 32.0. The van der Waals surface area contributed by atoms with Gasteiger partial charge in [0.05, 0.1) is 28.7 Å². The summed E-state index contributed by atoms with van der Waals surface area (Å²) in [5.41, 5.74) is 4.89. The van der Waals surface area contributed by atoms with Gasteiger partial charge in [0.2, 0.25) is 10.0 Å². The Morgan fingerprint density at radius 2 is 2.00 bits per heavy atom. The summed E-state index contributed by atoms with van der Waals surface area (Å²) >= 11 is 1.52. The monoisotopic (exact) mass is 486 g/mol. The second-order valence-electron chi connectivity index (χ2n) is 9.05. The highest BCUT2D eigenvalue weighted by molar-refractivity contribution is 7.91. The second-order valence-corrected chi connectivity index (χ2v) is 12.2. The van der Waals surface area contributed by atoms with Gasteiger partial charge < -0.3 is 9.84 Å². The zero-order chi connectivity index (χ0) is 23.8. The zero-order valence-corrected chi connectivity index (χ0v) is 20.2. The first-order valence-electron chi connectivity index (χ1n) is 10.5. The Morgan fingerprint density at radius 3 is 2.70 bits per heavy atom. The van der Waals surface area contributed by atoms with Crippen LogP contribution in [0.4, 0.5) is 0 Å². The van der Waals surface area contributed by atoms with Crippen LogP contribution in [-0.2, 0) is 16.4 Å². The van der Waals surface area contributed by atoms with Gasteiger partial charge in [0, 0.05) is 22.4 Å². The van der Waals surface area contributed by atoms with Crippen molar-refractivity contribution in [1.29, 1.82) is 0 Å². The minimum absolute atomic E-state index is 0.105. The number of aromatic nitrogens is 1. The molecular weight excluding hydrogens is 460 g/mol. The minimum atomic E-state index is -3.86. The molecular formula is C24H26N2O5S2. The summed E-state index contributed by atoms with van der Waals surface area (Å²) in [6, 6.07) is 12.2. The van der Waals surface area contributed by atoms with Gasteiger partial charge in [-0.05, 0) is 50.5 Å². The van der Waals surface area contributed by atoms with E-state index < -0.39 is 26.8 Å². The molecule has 1 aliphatic rings. The van der Waals surface area contributed by atoms with Crippen molar-refractivity contribution in [3.05, 3.63) is 70.2 Å². The quantitative estimate of drug-likeness (QED) is 0.566. The van der Waals surface area contributed by atoms with E-state index in [1.807, 2.05) is 5.38 Å². The van der Waals surface area contributed by atoms with Crippen LogP contribution in [-0.4, -0.2) is 35.8 Å². The molecule has 0 fully saturated rings. The van der Waals surface area contributed by atoms with Gasteiger partial charge >= 0.3 is 0 Å². The average molecular weight is 487 g/mol. The van der Waals surface area contributed by atoms with Crippen molar-refractivity contribution in [2.75, 3.05) is 6.61 Å². The molecule has 3 aromatic rings. The van der Waals surface area contributed by atoms with Gasteiger partial charge in [0.1, 0.15) is 5.75 Å². The van der Waals surface area contributed by atoms with E-state index in [-0.39, 0.29) is 11.5 Å². The van der Waals surface area contributed by atoms with Crippen LogP contribution in [0.3, 0.4) is 0 Å². The van der Waals surface area contributed by atoms with E-state index in [0.29, 0.717) is 35.5 Å². The smallest absolute Gasteiger partial charge is 0.265 e. The number of nitrogens with one attached hydrogen (secondary N) is 1. The number of aliphatic hydroxyl groups excluding tert-OH is 1. The Morgan fingerprint density at radius 1 is 1.24 bits per heavy atom. The number of carbonyl (C=O) groups is 1. The van der Waals surface area contributed by atoms with E-state index in [1.165, 1.54) is 32.1 Å². The molecule has 0 radical (unpaired) electrons. The molecule has 1 aliphatic heterocycles. The predicted molar refractivity (Wildman–Crippen MR) is 128 cm³/mol. The molecule has 2 heterocycles. The van der Waals surface area contributed by atoms with Gasteiger partial charge in [-0.3, -0.25) is 4.79 Å². The molecule has 1 amide bonds. The van der Waals surface area contributed by atoms with Crippen molar-refractivity contribution >= 4 is 27.3 Å². The first-order chi connectivity index (χ1) is 15.6. The molecule has 0 saturated carbocycles. The number of hydrogen-bond donors (Lipinski definition) is 2. The molecule has 0 aliphatic carbocycles. The lowest BCUT2D eigenvalue weighted by molar-refractivity contribution is 0.0504. The Hall–Kier alpha value is -2.75. The standard InChI is InChI=1S/C24H26N2O5S2/c1-24(2,3)33(29,30)26-23(28)19-7-5-4-6-18(19)15-8-9-20-21(11-15)31-12-16(22(20)27)10-17-13-32-14-25-17/h4-9,11,13-14,16,22,27H,10,12H2,1-3H3,(H,26,28)/t16-,22+/m0/s1. The summed E-state index contributed by atoms with van der Waals surface area (Å²) in [4.78, 5) is 17.2. The Balaban J connectivity index is 1.61. The van der Waals surface area contributed by atoms with Crippen molar-refractivity contribution in [1.82, 2.24) is 9.71 Å². The normalized spacial score (nSPS) is 18.3. The number of amides is 1. The highest BCUT2D eigenvalue weighted by atomic mass is 32.2. The van der Waals surface area contributed by atoms with Crippen molar-refractivity contribution in [2.45, 2.75) is 38.0 Å². The Labute approximate surface area is 197 Å². The van der Waals surface area contributed by atoms with E-state index in [1.54, 1.807) is 48.0 Å². The van der Waals surface area contributed by atoms with Crippen molar-refractivity contribution in [3.63, 3.8) is 0 Å². The van der Waals surface area contributed by atoms with Gasteiger partial charge in [0.15, 0.2) is 0 Å². The molecule has 174 valence electrons. The molecule has 9 heteroatoms. The number of carbonyl (C=O) groups excluding carboxylic acids is 1. The summed E-state index contributed by atoms with van der Waals surface area (Å²) in [5, 5.41) is 12.9. The number of rotatable bonds is 5. The topological polar surface area (TPSA) is 106 Å². The van der Waals surface area contributed by atoms with Gasteiger partial charge in [0.25, 0.3) is 5.91 Å². The highest BCUT2D eigenvalue weighted by Gasteiger charge is 2.32. The van der Waals surface area contributed by atoms with Gasteiger partial charge in [-0.15, -0.1) is 11.3 Å². The molecule has 0 spiro atoms. The predicted octanol–water partition coefficient (Wildman–Crippen LogP) is 3.95. The molecule has 33 heavy (non-hydrogen) atoms. The number of sulfonamides is 1. The molecule has 1 aromatic heterocycles. The fourth-order valence-corrected chi connectivity index (χ4v) is 4.89. The van der Waals surface area contributed by atoms with Gasteiger partial charge in [-0.25, -0.2) is 18.1 Å². The summed E-state index contributed by atoms with van der Waals surface area (Å²) in [5.74, 6) is -0.249. The lowest BCUT2D eigenvalue weighted by Gasteiger charge is -2.30. The van der Waals surface area contributed by atoms with E-state index in [2.05, 4.69) is 9.71 Å². The van der Waals surface area contributed by atoms with Crippen molar-refractivity contribution in [2.24, 2.45) is 5.92 Å². The second kappa shape index (κ2) is 8.89. The maximum Gasteiger partial charge on any atom is 0.265 e. The third-order valence-corrected chi connectivity index (χ3v) is 8.40. The third kappa shape index (κ3) is 4.80. The summed E-state index contributed by atoms with van der Waals surface area (Å²) in [7, 11) is -3.86. The third-order valence-electron chi connectivity index (χ3n) is 5.70. The van der Waals surface area contributed by atoms with E-state index in [4.69, 9.17) is 4.74 Å². The van der Waals surface area contributed by atoms with E-state index in [9.17, 15) is 18.3 Å². The molecule has 0 unspecified atom stereocenters. The Kier molecular flexibility index (Phi) is 6.30. The molecule has 4 rings (SSSR count). The van der Waals surface area contributed by atoms with Gasteiger partial charge in [-0.2, -0.15) is 0 Å². The number of benzene rings is 2. The first kappa shape index (κ1) is 23.4. The lowest BCUT2D eigenvalue weighted by atomic mass is 9.88. The number of thiazole rings is 1. The van der Waals surface area contributed by atoms with Crippen LogP contribution in [0, 0.1) is 5.92 Å². The van der Waals surface area contributed by atoms with E-state index in [0.717, 1.165) is 5.69 Å². The zero-order valence-electron chi connectivity index (χ0n) is 18.6. The van der Waals surface area contributed by atoms with Crippen LogP contribution >= 0.6 is 11.3 Å². The van der Waals surface area contributed by atoms with Crippen molar-refractivity contribution in [3.8, 4) is 16.9 Å². The molecule has 0 saturated heterocycles. The number of nitrogens with zero attached hydrogens (tertiary/aromatic N) is 1. The Bertz CT molecular complexity index is 1260. The van der Waals surface area contributed by atoms with Gasteiger partial charge in [-0.1, -0.05) is 30.3 Å². The highest BCUT2D eigenvalue weighted by Crippen LogP contribution is 2.39. The molecule has 2 atom stereocenters. The first-order valence-corrected chi connectivity index (χ1v) is 13.0. The van der Waals surface area contributed by atoms with Crippen LogP contribution in [0.5, 0.6) is 5.75 Å². The summed E-state index contributed by atoms with van der Waals surface area (Å²) in [6.45, 7) is 4.94. The molecule has 2 aromatic carbocycles. The van der Waals surface area contributed by atoms with Crippen molar-refractivity contribution < 1.29 is 23.1 Å². The number of hydrogen-bond acceptors (Lipinski definition) is 7. The molecule has 2 N–H and O–H groups in total. The van der Waals surface area contributed by atoms with Crippen LogP contribution in [0.1, 0.15) is 48.5 Å². The van der Waals surface area contributed by atoms with Crippen LogP contribution in [0.2, 0.25) is 0 Å². The van der Waals surface area contributed by atoms with Crippen LogP contribution in [0.25, 0.3) is 11.1 Å². The van der Waals surface area contributed by atoms with Crippen LogP contribution < -0.4 is 9.46 Å².